The SMILES string of the molecule is Cc1c(/C=C(\C#N)C(=O)NCCOc2cccc(Cl)c2Cl)cc(C#N)n1C. The molecule has 2 rings (SSSR count). The molecule has 0 bridgehead atoms. The highest BCUT2D eigenvalue weighted by Gasteiger charge is 2.13. The number of hydrogen-bond acceptors (Lipinski definition) is 4. The zero-order valence-electron chi connectivity index (χ0n) is 14.7. The minimum atomic E-state index is -0.528. The Kier molecular flexibility index (Phi) is 6.90. The van der Waals surface area contributed by atoms with Crippen LogP contribution in [-0.4, -0.2) is 23.6 Å². The molecule has 0 spiro atoms. The van der Waals surface area contributed by atoms with E-state index in [2.05, 4.69) is 11.4 Å². The van der Waals surface area contributed by atoms with E-state index in [9.17, 15) is 10.1 Å². The second-order valence-corrected chi connectivity index (χ2v) is 6.35. The number of carbonyl (C=O) groups is 1. The zero-order valence-corrected chi connectivity index (χ0v) is 16.2. The molecule has 0 atom stereocenters. The Morgan fingerprint density at radius 3 is 2.74 bits per heavy atom. The van der Waals surface area contributed by atoms with Crippen LogP contribution >= 0.6 is 23.2 Å². The largest absolute Gasteiger partial charge is 0.490 e. The third-order valence-electron chi connectivity index (χ3n) is 3.92. The summed E-state index contributed by atoms with van der Waals surface area (Å²) < 4.78 is 7.18. The maximum Gasteiger partial charge on any atom is 0.262 e. The number of nitrogens with zero attached hydrogens (tertiary/aromatic N) is 3. The van der Waals surface area contributed by atoms with Gasteiger partial charge < -0.3 is 14.6 Å². The summed E-state index contributed by atoms with van der Waals surface area (Å²) in [5, 5.41) is 21.6. The van der Waals surface area contributed by atoms with E-state index in [1.807, 2.05) is 13.0 Å². The molecule has 0 aliphatic heterocycles. The molecule has 0 fully saturated rings. The van der Waals surface area contributed by atoms with Crippen molar-refractivity contribution < 1.29 is 9.53 Å². The predicted molar refractivity (Wildman–Crippen MR) is 103 cm³/mol. The lowest BCUT2D eigenvalue weighted by atomic mass is 10.1. The van der Waals surface area contributed by atoms with Crippen molar-refractivity contribution >= 4 is 35.2 Å². The summed E-state index contributed by atoms with van der Waals surface area (Å²) in [6.45, 7) is 2.15. The van der Waals surface area contributed by atoms with Crippen LogP contribution in [0.3, 0.4) is 0 Å². The average Bonchev–Trinajstić information content (AvgIpc) is 2.93. The van der Waals surface area contributed by atoms with Crippen LogP contribution in [0.1, 0.15) is 17.0 Å². The monoisotopic (exact) mass is 402 g/mol. The predicted octanol–water partition coefficient (Wildman–Crippen LogP) is 3.61. The van der Waals surface area contributed by atoms with E-state index < -0.39 is 5.91 Å². The Balaban J connectivity index is 1.99. The molecular weight excluding hydrogens is 387 g/mol. The second-order valence-electron chi connectivity index (χ2n) is 5.57. The number of nitrogens with one attached hydrogen (secondary N) is 1. The zero-order chi connectivity index (χ0) is 20.0. The molecule has 27 heavy (non-hydrogen) atoms. The van der Waals surface area contributed by atoms with Crippen LogP contribution in [0.5, 0.6) is 5.75 Å². The van der Waals surface area contributed by atoms with E-state index in [1.165, 1.54) is 6.08 Å². The highest BCUT2D eigenvalue weighted by Crippen LogP contribution is 2.31. The van der Waals surface area contributed by atoms with E-state index in [1.54, 1.807) is 35.9 Å². The Hall–Kier alpha value is -2.93. The van der Waals surface area contributed by atoms with Crippen molar-refractivity contribution in [1.29, 1.82) is 10.5 Å². The van der Waals surface area contributed by atoms with Crippen molar-refractivity contribution in [3.63, 3.8) is 0 Å². The molecule has 6 nitrogen and oxygen atoms in total. The van der Waals surface area contributed by atoms with Crippen LogP contribution in [-0.2, 0) is 11.8 Å². The molecule has 1 aromatic heterocycles. The fraction of sp³-hybridized carbons (Fsp3) is 0.211. The molecule has 0 aliphatic carbocycles. The Morgan fingerprint density at radius 1 is 1.37 bits per heavy atom. The maximum absolute atomic E-state index is 12.2. The molecule has 0 aliphatic rings. The fourth-order valence-corrected chi connectivity index (χ4v) is 2.64. The normalized spacial score (nSPS) is 10.8. The molecule has 0 unspecified atom stereocenters. The number of carbonyl (C=O) groups excluding carboxylic acids is 1. The van der Waals surface area contributed by atoms with Gasteiger partial charge >= 0.3 is 0 Å². The first kappa shape index (κ1) is 20.4. The summed E-state index contributed by atoms with van der Waals surface area (Å²) in [7, 11) is 1.75. The van der Waals surface area contributed by atoms with Crippen molar-refractivity contribution in [1.82, 2.24) is 9.88 Å². The number of ether oxygens (including phenoxy) is 1. The fourth-order valence-electron chi connectivity index (χ4n) is 2.30. The summed E-state index contributed by atoms with van der Waals surface area (Å²) in [5.41, 5.74) is 1.81. The van der Waals surface area contributed by atoms with E-state index >= 15 is 0 Å². The summed E-state index contributed by atoms with van der Waals surface area (Å²) in [6, 6.07) is 10.6. The standard InChI is InChI=1S/C19H16Cl2N4O2/c1-12-13(9-15(11-23)25(12)2)8-14(10-22)19(26)24-6-7-27-17-5-3-4-16(20)18(17)21/h3-5,8-9H,6-7H2,1-2H3,(H,24,26)/b14-8+. The average molecular weight is 403 g/mol. The Labute approximate surface area is 167 Å². The highest BCUT2D eigenvalue weighted by atomic mass is 35.5. The molecule has 1 N–H and O–H groups in total. The van der Waals surface area contributed by atoms with Crippen LogP contribution in [0, 0.1) is 29.6 Å². The van der Waals surface area contributed by atoms with Crippen LogP contribution in [0.15, 0.2) is 29.8 Å². The molecule has 2 aromatic rings. The van der Waals surface area contributed by atoms with Gasteiger partial charge in [-0.05, 0) is 36.8 Å². The van der Waals surface area contributed by atoms with Crippen molar-refractivity contribution in [2.45, 2.75) is 6.92 Å². The summed E-state index contributed by atoms with van der Waals surface area (Å²) in [6.07, 6.45) is 1.46. The third-order valence-corrected chi connectivity index (χ3v) is 4.72. The molecule has 1 aromatic carbocycles. The van der Waals surface area contributed by atoms with Gasteiger partial charge in [-0.15, -0.1) is 0 Å². The number of hydrogen-bond donors (Lipinski definition) is 1. The lowest BCUT2D eigenvalue weighted by Crippen LogP contribution is -2.29. The van der Waals surface area contributed by atoms with Gasteiger partial charge in [0.25, 0.3) is 5.91 Å². The van der Waals surface area contributed by atoms with Crippen LogP contribution in [0.2, 0.25) is 10.0 Å². The van der Waals surface area contributed by atoms with Gasteiger partial charge in [-0.25, -0.2) is 0 Å². The van der Waals surface area contributed by atoms with Crippen molar-refractivity contribution in [3.8, 4) is 17.9 Å². The van der Waals surface area contributed by atoms with Crippen molar-refractivity contribution in [2.24, 2.45) is 7.05 Å². The molecule has 8 heteroatoms. The first-order valence-corrected chi connectivity index (χ1v) is 8.67. The van der Waals surface area contributed by atoms with Gasteiger partial charge in [0.1, 0.15) is 40.8 Å². The van der Waals surface area contributed by atoms with Crippen LogP contribution in [0.4, 0.5) is 0 Å². The first-order chi connectivity index (χ1) is 12.9. The first-order valence-electron chi connectivity index (χ1n) is 7.92. The molecule has 0 saturated heterocycles. The van der Waals surface area contributed by atoms with Gasteiger partial charge in [0, 0.05) is 12.7 Å². The van der Waals surface area contributed by atoms with Gasteiger partial charge in [-0.3, -0.25) is 4.79 Å². The van der Waals surface area contributed by atoms with E-state index in [0.717, 1.165) is 5.69 Å². The lowest BCUT2D eigenvalue weighted by Gasteiger charge is -2.09. The van der Waals surface area contributed by atoms with Gasteiger partial charge in [0.2, 0.25) is 0 Å². The minimum absolute atomic E-state index is 0.0611. The van der Waals surface area contributed by atoms with Gasteiger partial charge in [0.15, 0.2) is 0 Å². The minimum Gasteiger partial charge on any atom is -0.490 e. The Bertz CT molecular complexity index is 981. The number of benzene rings is 1. The molecule has 138 valence electrons. The van der Waals surface area contributed by atoms with Crippen molar-refractivity contribution in [3.05, 3.63) is 56.8 Å². The maximum atomic E-state index is 12.2. The number of halogens is 2. The molecule has 0 saturated carbocycles. The van der Waals surface area contributed by atoms with E-state index in [-0.39, 0.29) is 18.7 Å². The smallest absolute Gasteiger partial charge is 0.262 e. The number of nitriles is 2. The second kappa shape index (κ2) is 9.14. The molecule has 0 radical (unpaired) electrons. The van der Waals surface area contributed by atoms with Crippen LogP contribution < -0.4 is 10.1 Å². The lowest BCUT2D eigenvalue weighted by molar-refractivity contribution is -0.117. The number of aromatic nitrogens is 1. The molecular formula is C19H16Cl2N4O2. The van der Waals surface area contributed by atoms with E-state index in [4.69, 9.17) is 33.2 Å². The van der Waals surface area contributed by atoms with Gasteiger partial charge in [-0.1, -0.05) is 29.3 Å². The summed E-state index contributed by atoms with van der Waals surface area (Å²) in [5.74, 6) is -0.113. The summed E-state index contributed by atoms with van der Waals surface area (Å²) in [4.78, 5) is 12.2. The quantitative estimate of drug-likeness (QED) is 0.453. The third kappa shape index (κ3) is 4.83. The van der Waals surface area contributed by atoms with Gasteiger partial charge in [0.05, 0.1) is 11.6 Å². The topological polar surface area (TPSA) is 90.8 Å². The van der Waals surface area contributed by atoms with E-state index in [0.29, 0.717) is 27.1 Å². The Morgan fingerprint density at radius 2 is 2.11 bits per heavy atom. The van der Waals surface area contributed by atoms with Gasteiger partial charge in [-0.2, -0.15) is 10.5 Å². The molecule has 1 amide bonds. The molecule has 1 heterocycles. The van der Waals surface area contributed by atoms with Crippen LogP contribution in [0.25, 0.3) is 6.08 Å². The summed E-state index contributed by atoms with van der Waals surface area (Å²) >= 11 is 11.9. The number of amides is 1. The van der Waals surface area contributed by atoms with Crippen molar-refractivity contribution in [2.75, 3.05) is 13.2 Å². The highest BCUT2D eigenvalue weighted by molar-refractivity contribution is 6.42. The number of rotatable bonds is 6.